The second-order valence-electron chi connectivity index (χ2n) is 7.41. The van der Waals surface area contributed by atoms with Crippen LogP contribution in [0.25, 0.3) is 6.08 Å². The summed E-state index contributed by atoms with van der Waals surface area (Å²) in [4.78, 5) is 11.9. The van der Waals surface area contributed by atoms with Gasteiger partial charge in [-0.3, -0.25) is 0 Å². The zero-order valence-electron chi connectivity index (χ0n) is 15.4. The van der Waals surface area contributed by atoms with Gasteiger partial charge in [0.1, 0.15) is 17.1 Å². The number of rotatable bonds is 4. The van der Waals surface area contributed by atoms with Gasteiger partial charge in [-0.25, -0.2) is 4.79 Å². The molecule has 0 N–H and O–H groups in total. The molecular formula is C19H28O4. The third kappa shape index (κ3) is 5.62. The highest BCUT2D eigenvalue weighted by atomic mass is 16.6. The van der Waals surface area contributed by atoms with E-state index in [1.54, 1.807) is 20.3 Å². The maximum Gasteiger partial charge on any atom is 0.331 e. The lowest BCUT2D eigenvalue weighted by molar-refractivity contribution is -0.148. The quantitative estimate of drug-likeness (QED) is 0.611. The van der Waals surface area contributed by atoms with Gasteiger partial charge in [-0.1, -0.05) is 20.8 Å². The van der Waals surface area contributed by atoms with Gasteiger partial charge in [0, 0.05) is 6.08 Å². The molecule has 0 radical (unpaired) electrons. The fraction of sp³-hybridized carbons (Fsp3) is 0.526. The van der Waals surface area contributed by atoms with Gasteiger partial charge in [0.25, 0.3) is 0 Å². The standard InChI is InChI=1S/C19H28O4/c1-18(2,3)13-11-15(21-7)14(16(12-13)22-8)9-10-17(20)23-19(4,5)6/h9-12H,1-8H3/b10-9+. The molecule has 0 aliphatic carbocycles. The molecule has 0 bridgehead atoms. The lowest BCUT2D eigenvalue weighted by Gasteiger charge is -2.22. The van der Waals surface area contributed by atoms with Crippen molar-refractivity contribution in [3.63, 3.8) is 0 Å². The molecule has 0 fully saturated rings. The molecule has 0 aliphatic heterocycles. The van der Waals surface area contributed by atoms with Crippen LogP contribution in [-0.2, 0) is 14.9 Å². The van der Waals surface area contributed by atoms with Crippen LogP contribution in [0.2, 0.25) is 0 Å². The number of carbonyl (C=O) groups excluding carboxylic acids is 1. The predicted molar refractivity (Wildman–Crippen MR) is 93.1 cm³/mol. The van der Waals surface area contributed by atoms with Crippen LogP contribution in [0.3, 0.4) is 0 Å². The van der Waals surface area contributed by atoms with Crippen LogP contribution in [0.1, 0.15) is 52.7 Å². The molecule has 1 rings (SSSR count). The van der Waals surface area contributed by atoms with Crippen molar-refractivity contribution in [3.05, 3.63) is 29.3 Å². The molecule has 0 aromatic heterocycles. The summed E-state index contributed by atoms with van der Waals surface area (Å²) in [6, 6.07) is 3.94. The van der Waals surface area contributed by atoms with Gasteiger partial charge in [0.05, 0.1) is 19.8 Å². The molecule has 1 aromatic rings. The molecule has 0 saturated heterocycles. The van der Waals surface area contributed by atoms with E-state index in [4.69, 9.17) is 14.2 Å². The smallest absolute Gasteiger partial charge is 0.331 e. The summed E-state index contributed by atoms with van der Waals surface area (Å²) in [5, 5.41) is 0. The molecule has 1 aromatic carbocycles. The first kappa shape index (κ1) is 19.1. The van der Waals surface area contributed by atoms with Crippen LogP contribution in [-0.4, -0.2) is 25.8 Å². The molecule has 0 saturated carbocycles. The van der Waals surface area contributed by atoms with E-state index < -0.39 is 11.6 Å². The summed E-state index contributed by atoms with van der Waals surface area (Å²) >= 11 is 0. The van der Waals surface area contributed by atoms with Crippen molar-refractivity contribution in [2.24, 2.45) is 0 Å². The Bertz CT molecular complexity index is 561. The topological polar surface area (TPSA) is 44.8 Å². The number of ether oxygens (including phenoxy) is 3. The van der Waals surface area contributed by atoms with E-state index in [-0.39, 0.29) is 5.41 Å². The van der Waals surface area contributed by atoms with Crippen LogP contribution < -0.4 is 9.47 Å². The highest BCUT2D eigenvalue weighted by Crippen LogP contribution is 2.36. The van der Waals surface area contributed by atoms with Gasteiger partial charge in [-0.05, 0) is 50.0 Å². The highest BCUT2D eigenvalue weighted by Gasteiger charge is 2.19. The predicted octanol–water partition coefficient (Wildman–Crippen LogP) is 4.36. The Hall–Kier alpha value is -1.97. The first-order valence-corrected chi connectivity index (χ1v) is 7.65. The minimum absolute atomic E-state index is 0.0338. The minimum Gasteiger partial charge on any atom is -0.496 e. The summed E-state index contributed by atoms with van der Waals surface area (Å²) in [5.41, 5.74) is 1.26. The molecule has 0 aliphatic rings. The van der Waals surface area contributed by atoms with Gasteiger partial charge < -0.3 is 14.2 Å². The van der Waals surface area contributed by atoms with Crippen molar-refractivity contribution in [3.8, 4) is 11.5 Å². The maximum atomic E-state index is 11.9. The molecule has 4 nitrogen and oxygen atoms in total. The van der Waals surface area contributed by atoms with Gasteiger partial charge in [-0.2, -0.15) is 0 Å². The van der Waals surface area contributed by atoms with Crippen molar-refractivity contribution < 1.29 is 19.0 Å². The molecule has 128 valence electrons. The largest absolute Gasteiger partial charge is 0.496 e. The summed E-state index contributed by atoms with van der Waals surface area (Å²) in [6.45, 7) is 11.9. The Balaban J connectivity index is 3.23. The number of benzene rings is 1. The molecule has 0 atom stereocenters. The molecule has 4 heteroatoms. The second-order valence-corrected chi connectivity index (χ2v) is 7.41. The number of carbonyl (C=O) groups is 1. The van der Waals surface area contributed by atoms with Crippen LogP contribution in [0, 0.1) is 0 Å². The zero-order chi connectivity index (χ0) is 17.8. The fourth-order valence-corrected chi connectivity index (χ4v) is 2.02. The fourth-order valence-electron chi connectivity index (χ4n) is 2.02. The van der Waals surface area contributed by atoms with Crippen molar-refractivity contribution in [2.45, 2.75) is 52.6 Å². The van der Waals surface area contributed by atoms with E-state index in [2.05, 4.69) is 20.8 Å². The van der Waals surface area contributed by atoms with Gasteiger partial charge in [0.2, 0.25) is 0 Å². The monoisotopic (exact) mass is 320 g/mol. The summed E-state index contributed by atoms with van der Waals surface area (Å²) in [6.07, 6.45) is 3.06. The van der Waals surface area contributed by atoms with E-state index in [1.807, 2.05) is 32.9 Å². The van der Waals surface area contributed by atoms with Crippen LogP contribution in [0.4, 0.5) is 0 Å². The number of hydrogen-bond acceptors (Lipinski definition) is 4. The Morgan fingerprint density at radius 1 is 0.957 bits per heavy atom. The van der Waals surface area contributed by atoms with Crippen molar-refractivity contribution in [1.29, 1.82) is 0 Å². The minimum atomic E-state index is -0.522. The summed E-state index contributed by atoms with van der Waals surface area (Å²) < 4.78 is 16.2. The lowest BCUT2D eigenvalue weighted by Crippen LogP contribution is -2.22. The molecule has 0 heterocycles. The van der Waals surface area contributed by atoms with Gasteiger partial charge in [-0.15, -0.1) is 0 Å². The van der Waals surface area contributed by atoms with Crippen LogP contribution >= 0.6 is 0 Å². The Morgan fingerprint density at radius 3 is 1.78 bits per heavy atom. The average molecular weight is 320 g/mol. The van der Waals surface area contributed by atoms with E-state index in [9.17, 15) is 4.79 Å². The van der Waals surface area contributed by atoms with Crippen LogP contribution in [0.5, 0.6) is 11.5 Å². The summed E-state index contributed by atoms with van der Waals surface area (Å²) in [5.74, 6) is 0.921. The number of methoxy groups -OCH3 is 2. The summed E-state index contributed by atoms with van der Waals surface area (Å²) in [7, 11) is 3.21. The first-order chi connectivity index (χ1) is 10.5. The second kappa shape index (κ2) is 7.07. The Labute approximate surface area is 139 Å². The Kier molecular flexibility index (Phi) is 5.86. The average Bonchev–Trinajstić information content (AvgIpc) is 2.41. The van der Waals surface area contributed by atoms with E-state index in [0.29, 0.717) is 17.1 Å². The lowest BCUT2D eigenvalue weighted by atomic mass is 9.86. The van der Waals surface area contributed by atoms with Crippen molar-refractivity contribution >= 4 is 12.0 Å². The molecule has 0 spiro atoms. The number of hydrogen-bond donors (Lipinski definition) is 0. The van der Waals surface area contributed by atoms with E-state index >= 15 is 0 Å². The highest BCUT2D eigenvalue weighted by molar-refractivity contribution is 5.88. The Morgan fingerprint density at radius 2 is 1.43 bits per heavy atom. The van der Waals surface area contributed by atoms with Crippen molar-refractivity contribution in [1.82, 2.24) is 0 Å². The maximum absolute atomic E-state index is 11.9. The van der Waals surface area contributed by atoms with Crippen molar-refractivity contribution in [2.75, 3.05) is 14.2 Å². The van der Waals surface area contributed by atoms with Crippen LogP contribution in [0.15, 0.2) is 18.2 Å². The van der Waals surface area contributed by atoms with E-state index in [1.165, 1.54) is 6.08 Å². The molecular weight excluding hydrogens is 292 g/mol. The normalized spacial score (nSPS) is 12.3. The zero-order valence-corrected chi connectivity index (χ0v) is 15.4. The molecule has 0 unspecified atom stereocenters. The molecule has 23 heavy (non-hydrogen) atoms. The first-order valence-electron chi connectivity index (χ1n) is 7.65. The number of esters is 1. The third-order valence-electron chi connectivity index (χ3n) is 3.20. The SMILES string of the molecule is COc1cc(C(C)(C)C)cc(OC)c1/C=C/C(=O)OC(C)(C)C. The third-order valence-corrected chi connectivity index (χ3v) is 3.20. The van der Waals surface area contributed by atoms with Gasteiger partial charge >= 0.3 is 5.97 Å². The van der Waals surface area contributed by atoms with Gasteiger partial charge in [0.15, 0.2) is 0 Å². The van der Waals surface area contributed by atoms with E-state index in [0.717, 1.165) is 5.56 Å². The molecule has 0 amide bonds.